The molecule has 1 atom stereocenters. The second-order valence-electron chi connectivity index (χ2n) is 9.84. The number of ether oxygens (including phenoxy) is 1. The van der Waals surface area contributed by atoms with Crippen LogP contribution in [0, 0.1) is 0 Å². The lowest BCUT2D eigenvalue weighted by molar-refractivity contribution is -0.916. The fraction of sp³-hybridized carbons (Fsp3) is 1.00. The van der Waals surface area contributed by atoms with Crippen LogP contribution in [0.15, 0.2) is 0 Å². The summed E-state index contributed by atoms with van der Waals surface area (Å²) in [6.45, 7) is 6.83. The number of hydrogen-bond donors (Lipinski definition) is 1. The minimum Gasteiger partial charge on any atom is -0.370 e. The van der Waals surface area contributed by atoms with Crippen LogP contribution in [0.5, 0.6) is 0 Å². The van der Waals surface area contributed by atoms with Crippen LogP contribution >= 0.6 is 7.82 Å². The van der Waals surface area contributed by atoms with Crippen molar-refractivity contribution in [2.75, 3.05) is 53.1 Å². The first-order chi connectivity index (χ1) is 15.5. The van der Waals surface area contributed by atoms with Crippen LogP contribution in [0.1, 0.15) is 110 Å². The number of unbranched alkanes of at least 4 members (excludes halogenated alkanes) is 15. The molecule has 0 bridgehead atoms. The Kier molecular flexibility index (Phi) is 18.2. The number of phosphoric ester groups is 1. The van der Waals surface area contributed by atoms with Crippen molar-refractivity contribution in [2.24, 2.45) is 0 Å². The largest absolute Gasteiger partial charge is 0.472 e. The normalized spacial score (nSPS) is 18.0. The SMILES string of the molecule is CCCCCCCCCCCCCCCCCCOP(=O)(O)OCC[N+]1(C)CCOCC1. The van der Waals surface area contributed by atoms with Gasteiger partial charge in [0.25, 0.3) is 0 Å². The molecule has 0 radical (unpaired) electrons. The molecule has 0 amide bonds. The van der Waals surface area contributed by atoms with Gasteiger partial charge in [0.1, 0.15) is 26.2 Å². The third-order valence-corrected chi connectivity index (χ3v) is 7.71. The van der Waals surface area contributed by atoms with Gasteiger partial charge in [-0.1, -0.05) is 103 Å². The Hall–Kier alpha value is 0.0300. The van der Waals surface area contributed by atoms with Crippen molar-refractivity contribution in [1.29, 1.82) is 0 Å². The lowest BCUT2D eigenvalue weighted by Gasteiger charge is -2.37. The first kappa shape index (κ1) is 30.1. The summed E-state index contributed by atoms with van der Waals surface area (Å²) in [6.07, 6.45) is 21.0. The Bertz CT molecular complexity index is 471. The van der Waals surface area contributed by atoms with E-state index in [0.717, 1.165) is 43.6 Å². The number of nitrogens with zero attached hydrogens (tertiary/aromatic N) is 1. The van der Waals surface area contributed by atoms with Crippen molar-refractivity contribution < 1.29 is 27.7 Å². The van der Waals surface area contributed by atoms with Crippen LogP contribution in [-0.4, -0.2) is 62.5 Å². The van der Waals surface area contributed by atoms with Crippen molar-refractivity contribution in [1.82, 2.24) is 0 Å². The third kappa shape index (κ3) is 17.5. The number of phosphoric acid groups is 1. The standard InChI is InChI=1S/C25H52NO5P/c1-3-4-5-6-7-8-9-10-11-12-13-14-15-16-17-18-22-30-32(27,28)31-25-21-26(2)19-23-29-24-20-26/h3-25H2,1-2H3/p+1. The van der Waals surface area contributed by atoms with E-state index in [1.807, 2.05) is 0 Å². The second kappa shape index (κ2) is 19.3. The van der Waals surface area contributed by atoms with Crippen LogP contribution in [0.3, 0.4) is 0 Å². The molecule has 7 heteroatoms. The van der Waals surface area contributed by atoms with E-state index in [0.29, 0.717) is 13.2 Å². The summed E-state index contributed by atoms with van der Waals surface area (Å²) < 4.78 is 28.5. The van der Waals surface area contributed by atoms with E-state index in [9.17, 15) is 9.46 Å². The van der Waals surface area contributed by atoms with Crippen molar-refractivity contribution in [3.63, 3.8) is 0 Å². The second-order valence-corrected chi connectivity index (χ2v) is 11.3. The van der Waals surface area contributed by atoms with Crippen molar-refractivity contribution in [2.45, 2.75) is 110 Å². The summed E-state index contributed by atoms with van der Waals surface area (Å²) in [5.74, 6) is 0. The van der Waals surface area contributed by atoms with Crippen LogP contribution in [0.4, 0.5) is 0 Å². The minimum absolute atomic E-state index is 0.239. The minimum atomic E-state index is -3.92. The van der Waals surface area contributed by atoms with Crippen LogP contribution < -0.4 is 0 Å². The van der Waals surface area contributed by atoms with Gasteiger partial charge >= 0.3 is 7.82 Å². The number of hydrogen-bond acceptors (Lipinski definition) is 4. The van der Waals surface area contributed by atoms with Gasteiger partial charge in [0, 0.05) is 0 Å². The van der Waals surface area contributed by atoms with Gasteiger partial charge in [0.05, 0.1) is 26.9 Å². The maximum atomic E-state index is 12.0. The average molecular weight is 479 g/mol. The van der Waals surface area contributed by atoms with E-state index in [1.165, 1.54) is 89.9 Å². The lowest BCUT2D eigenvalue weighted by Crippen LogP contribution is -2.53. The van der Waals surface area contributed by atoms with E-state index in [4.69, 9.17) is 13.8 Å². The van der Waals surface area contributed by atoms with Gasteiger partial charge in [-0.2, -0.15) is 0 Å². The molecule has 1 saturated heterocycles. The van der Waals surface area contributed by atoms with Gasteiger partial charge in [-0.25, -0.2) is 4.57 Å². The Morgan fingerprint density at radius 3 is 1.59 bits per heavy atom. The van der Waals surface area contributed by atoms with Crippen LogP contribution in [0.2, 0.25) is 0 Å². The molecule has 6 nitrogen and oxygen atoms in total. The summed E-state index contributed by atoms with van der Waals surface area (Å²) in [4.78, 5) is 9.83. The molecular formula is C25H53NO5P+. The fourth-order valence-electron chi connectivity index (χ4n) is 4.25. The highest BCUT2D eigenvalue weighted by atomic mass is 31.2. The lowest BCUT2D eigenvalue weighted by atomic mass is 10.0. The molecule has 0 spiro atoms. The average Bonchev–Trinajstić information content (AvgIpc) is 2.76. The number of likely N-dealkylation sites (N-methyl/N-ethyl adjacent to an activating group) is 1. The van der Waals surface area contributed by atoms with E-state index < -0.39 is 7.82 Å². The molecule has 1 N–H and O–H groups in total. The zero-order valence-electron chi connectivity index (χ0n) is 21.2. The maximum Gasteiger partial charge on any atom is 0.472 e. The van der Waals surface area contributed by atoms with E-state index in [-0.39, 0.29) is 6.61 Å². The molecule has 0 aromatic heterocycles. The van der Waals surface area contributed by atoms with Crippen LogP contribution in [-0.2, 0) is 18.3 Å². The molecule has 1 fully saturated rings. The highest BCUT2D eigenvalue weighted by Gasteiger charge is 2.27. The Morgan fingerprint density at radius 2 is 1.12 bits per heavy atom. The summed E-state index contributed by atoms with van der Waals surface area (Å²) >= 11 is 0. The zero-order valence-corrected chi connectivity index (χ0v) is 22.1. The predicted octanol–water partition coefficient (Wildman–Crippen LogP) is 6.86. The van der Waals surface area contributed by atoms with Gasteiger partial charge in [0.2, 0.25) is 0 Å². The molecule has 1 aliphatic heterocycles. The molecule has 32 heavy (non-hydrogen) atoms. The summed E-state index contributed by atoms with van der Waals surface area (Å²) in [5, 5.41) is 0. The number of rotatable bonds is 22. The molecule has 0 aromatic carbocycles. The number of quaternary nitrogens is 1. The van der Waals surface area contributed by atoms with Gasteiger partial charge in [0.15, 0.2) is 0 Å². The highest BCUT2D eigenvalue weighted by molar-refractivity contribution is 7.47. The summed E-state index contributed by atoms with van der Waals surface area (Å²) in [5.41, 5.74) is 0. The molecular weight excluding hydrogens is 425 g/mol. The molecule has 1 rings (SSSR count). The monoisotopic (exact) mass is 478 g/mol. The van der Waals surface area contributed by atoms with Gasteiger partial charge in [-0.15, -0.1) is 0 Å². The predicted molar refractivity (Wildman–Crippen MR) is 133 cm³/mol. The smallest absolute Gasteiger partial charge is 0.370 e. The van der Waals surface area contributed by atoms with Crippen molar-refractivity contribution in [3.8, 4) is 0 Å². The third-order valence-electron chi connectivity index (χ3n) is 6.69. The van der Waals surface area contributed by atoms with Crippen molar-refractivity contribution >= 4 is 7.82 Å². The van der Waals surface area contributed by atoms with E-state index >= 15 is 0 Å². The topological polar surface area (TPSA) is 65.0 Å². The Morgan fingerprint density at radius 1 is 0.719 bits per heavy atom. The van der Waals surface area contributed by atoms with Gasteiger partial charge in [-0.3, -0.25) is 9.05 Å². The van der Waals surface area contributed by atoms with Crippen LogP contribution in [0.25, 0.3) is 0 Å². The van der Waals surface area contributed by atoms with Gasteiger partial charge < -0.3 is 14.1 Å². The molecule has 0 aromatic rings. The molecule has 1 unspecified atom stereocenters. The molecule has 0 saturated carbocycles. The Balaban J connectivity index is 1.82. The fourth-order valence-corrected chi connectivity index (χ4v) is 5.00. The van der Waals surface area contributed by atoms with Gasteiger partial charge in [-0.05, 0) is 6.42 Å². The van der Waals surface area contributed by atoms with Crippen molar-refractivity contribution in [3.05, 3.63) is 0 Å². The van der Waals surface area contributed by atoms with E-state index in [1.54, 1.807) is 0 Å². The molecule has 192 valence electrons. The molecule has 1 heterocycles. The summed E-state index contributed by atoms with van der Waals surface area (Å²) in [7, 11) is -1.79. The first-order valence-corrected chi connectivity index (χ1v) is 15.0. The molecule has 0 aliphatic carbocycles. The maximum absolute atomic E-state index is 12.0. The quantitative estimate of drug-likeness (QED) is 0.105. The molecule has 1 aliphatic rings. The summed E-state index contributed by atoms with van der Waals surface area (Å²) in [6, 6.07) is 0. The first-order valence-electron chi connectivity index (χ1n) is 13.5. The Labute approximate surface area is 198 Å². The van der Waals surface area contributed by atoms with E-state index in [2.05, 4.69) is 14.0 Å². The zero-order chi connectivity index (χ0) is 23.4. The highest BCUT2D eigenvalue weighted by Crippen LogP contribution is 2.43. The number of morpholine rings is 1.